The summed E-state index contributed by atoms with van der Waals surface area (Å²) in [5, 5.41) is 0. The van der Waals surface area contributed by atoms with Crippen molar-refractivity contribution >= 4 is 5.78 Å². The lowest BCUT2D eigenvalue weighted by atomic mass is 10.1. The van der Waals surface area contributed by atoms with Crippen LogP contribution in [0.4, 0.5) is 0 Å². The molecule has 2 aromatic rings. The lowest BCUT2D eigenvalue weighted by Gasteiger charge is -2.07. The van der Waals surface area contributed by atoms with Gasteiger partial charge >= 0.3 is 0 Å². The molecule has 0 fully saturated rings. The van der Waals surface area contributed by atoms with Crippen LogP contribution in [0.3, 0.4) is 0 Å². The molecule has 3 rings (SSSR count). The highest BCUT2D eigenvalue weighted by Crippen LogP contribution is 2.23. The van der Waals surface area contributed by atoms with Crippen LogP contribution in [0.5, 0.6) is 5.75 Å². The molecule has 1 aliphatic rings. The maximum absolute atomic E-state index is 11.9. The van der Waals surface area contributed by atoms with Crippen molar-refractivity contribution in [3.63, 3.8) is 0 Å². The first-order valence-electron chi connectivity index (χ1n) is 6.81. The van der Waals surface area contributed by atoms with Gasteiger partial charge in [-0.15, -0.1) is 0 Å². The van der Waals surface area contributed by atoms with Crippen LogP contribution < -0.4 is 4.74 Å². The van der Waals surface area contributed by atoms with E-state index in [1.54, 1.807) is 13.3 Å². The normalized spacial score (nSPS) is 14.6. The Morgan fingerprint density at radius 2 is 1.85 bits per heavy atom. The topological polar surface area (TPSA) is 52.1 Å². The van der Waals surface area contributed by atoms with Gasteiger partial charge in [0.25, 0.3) is 0 Å². The first-order chi connectivity index (χ1) is 9.78. The summed E-state index contributed by atoms with van der Waals surface area (Å²) in [6.07, 6.45) is 5.09. The summed E-state index contributed by atoms with van der Waals surface area (Å²) in [7, 11) is 1.64. The Morgan fingerprint density at radius 1 is 1.10 bits per heavy atom. The molecular formula is C16H16N2O2. The second-order valence-corrected chi connectivity index (χ2v) is 4.91. The van der Waals surface area contributed by atoms with Crippen LogP contribution in [0.2, 0.25) is 0 Å². The van der Waals surface area contributed by atoms with E-state index in [1.807, 2.05) is 24.3 Å². The monoisotopic (exact) mass is 268 g/mol. The average Bonchev–Trinajstić information content (AvgIpc) is 2.69. The Bertz CT molecular complexity index is 635. The van der Waals surface area contributed by atoms with Crippen molar-refractivity contribution in [2.75, 3.05) is 7.11 Å². The lowest BCUT2D eigenvalue weighted by molar-refractivity contribution is 0.0981. The second kappa shape index (κ2) is 5.41. The van der Waals surface area contributed by atoms with E-state index >= 15 is 0 Å². The summed E-state index contributed by atoms with van der Waals surface area (Å²) in [5.74, 6) is 1.64. The molecule has 1 heterocycles. The van der Waals surface area contributed by atoms with E-state index in [1.165, 1.54) is 0 Å². The highest BCUT2D eigenvalue weighted by atomic mass is 16.5. The van der Waals surface area contributed by atoms with Gasteiger partial charge < -0.3 is 4.74 Å². The molecule has 1 aliphatic carbocycles. The molecule has 0 radical (unpaired) electrons. The molecule has 0 unspecified atom stereocenters. The summed E-state index contributed by atoms with van der Waals surface area (Å²) in [6, 6.07) is 7.63. The Hall–Kier alpha value is -2.23. The number of ether oxygens (including phenoxy) is 1. The third-order valence-electron chi connectivity index (χ3n) is 3.58. The van der Waals surface area contributed by atoms with Crippen molar-refractivity contribution < 1.29 is 9.53 Å². The number of nitrogens with zero attached hydrogens (tertiary/aromatic N) is 2. The Kier molecular flexibility index (Phi) is 3.46. The Balaban J connectivity index is 1.98. The van der Waals surface area contributed by atoms with Crippen molar-refractivity contribution in [1.82, 2.24) is 9.97 Å². The first-order valence-corrected chi connectivity index (χ1v) is 6.81. The van der Waals surface area contributed by atoms with Gasteiger partial charge in [-0.25, -0.2) is 9.97 Å². The molecule has 102 valence electrons. The fraction of sp³-hybridized carbons (Fsp3) is 0.312. The zero-order valence-electron chi connectivity index (χ0n) is 11.4. The number of Topliss-reactive ketones (excluding diaryl/α,β-unsaturated/α-hetero) is 1. The lowest BCUT2D eigenvalue weighted by Crippen LogP contribution is -2.05. The molecule has 0 aliphatic heterocycles. The molecule has 0 N–H and O–H groups in total. The van der Waals surface area contributed by atoms with Crippen LogP contribution in [0.25, 0.3) is 11.4 Å². The van der Waals surface area contributed by atoms with Crippen molar-refractivity contribution in [3.05, 3.63) is 41.7 Å². The van der Waals surface area contributed by atoms with Gasteiger partial charge in [0, 0.05) is 18.2 Å². The molecular weight excluding hydrogens is 252 g/mol. The van der Waals surface area contributed by atoms with Gasteiger partial charge in [-0.3, -0.25) is 4.79 Å². The smallest absolute Gasteiger partial charge is 0.166 e. The van der Waals surface area contributed by atoms with Crippen LogP contribution in [0.1, 0.15) is 35.3 Å². The predicted molar refractivity (Wildman–Crippen MR) is 75.9 cm³/mol. The molecule has 0 spiro atoms. The second-order valence-electron chi connectivity index (χ2n) is 4.91. The molecule has 4 heteroatoms. The number of fused-ring (bicyclic) bond motifs is 1. The van der Waals surface area contributed by atoms with Crippen LogP contribution in [0.15, 0.2) is 30.5 Å². The third-order valence-corrected chi connectivity index (χ3v) is 3.58. The van der Waals surface area contributed by atoms with Gasteiger partial charge in [-0.2, -0.15) is 0 Å². The van der Waals surface area contributed by atoms with Crippen LogP contribution in [-0.2, 0) is 6.42 Å². The number of ketones is 1. The fourth-order valence-corrected chi connectivity index (χ4v) is 2.43. The van der Waals surface area contributed by atoms with Gasteiger partial charge in [0.15, 0.2) is 11.6 Å². The quantitative estimate of drug-likeness (QED) is 0.785. The maximum atomic E-state index is 11.9. The molecule has 0 bridgehead atoms. The zero-order valence-corrected chi connectivity index (χ0v) is 11.4. The minimum absolute atomic E-state index is 0.166. The minimum Gasteiger partial charge on any atom is -0.497 e. The van der Waals surface area contributed by atoms with Crippen LogP contribution >= 0.6 is 0 Å². The van der Waals surface area contributed by atoms with Crippen molar-refractivity contribution in [3.8, 4) is 17.1 Å². The Labute approximate surface area is 117 Å². The molecule has 0 saturated heterocycles. The van der Waals surface area contributed by atoms with E-state index in [4.69, 9.17) is 4.74 Å². The van der Waals surface area contributed by atoms with Gasteiger partial charge in [0.1, 0.15) is 5.75 Å². The van der Waals surface area contributed by atoms with Gasteiger partial charge in [0.2, 0.25) is 0 Å². The van der Waals surface area contributed by atoms with E-state index in [2.05, 4.69) is 9.97 Å². The van der Waals surface area contributed by atoms with Gasteiger partial charge in [0.05, 0.1) is 18.4 Å². The number of carbonyl (C=O) groups is 1. The molecule has 0 saturated carbocycles. The predicted octanol–water partition coefficient (Wildman–Crippen LogP) is 3.06. The van der Waals surface area contributed by atoms with Gasteiger partial charge in [-0.1, -0.05) is 0 Å². The number of benzene rings is 1. The van der Waals surface area contributed by atoms with Crippen molar-refractivity contribution in [2.45, 2.75) is 25.7 Å². The summed E-state index contributed by atoms with van der Waals surface area (Å²) in [4.78, 5) is 20.9. The van der Waals surface area contributed by atoms with E-state index in [-0.39, 0.29) is 5.78 Å². The largest absolute Gasteiger partial charge is 0.497 e. The molecule has 20 heavy (non-hydrogen) atoms. The van der Waals surface area contributed by atoms with Crippen molar-refractivity contribution in [2.24, 2.45) is 0 Å². The molecule has 1 aromatic carbocycles. The standard InChI is InChI=1S/C16H16N2O2/c1-20-12-8-6-11(7-9-12)16-17-10-13-14(18-16)4-2-3-5-15(13)19/h6-10H,2-5H2,1H3. The van der Waals surface area contributed by atoms with E-state index in [0.29, 0.717) is 17.8 Å². The highest BCUT2D eigenvalue weighted by Gasteiger charge is 2.18. The van der Waals surface area contributed by atoms with E-state index < -0.39 is 0 Å². The highest BCUT2D eigenvalue weighted by molar-refractivity contribution is 5.97. The van der Waals surface area contributed by atoms with Crippen LogP contribution in [-0.4, -0.2) is 22.9 Å². The molecule has 0 atom stereocenters. The number of hydrogen-bond donors (Lipinski definition) is 0. The first kappa shape index (κ1) is 12.8. The van der Waals surface area contributed by atoms with Crippen molar-refractivity contribution in [1.29, 1.82) is 0 Å². The van der Waals surface area contributed by atoms with Crippen LogP contribution in [0, 0.1) is 0 Å². The van der Waals surface area contributed by atoms with E-state index in [9.17, 15) is 4.79 Å². The third kappa shape index (κ3) is 2.41. The molecule has 0 amide bonds. The summed E-state index contributed by atoms with van der Waals surface area (Å²) >= 11 is 0. The zero-order chi connectivity index (χ0) is 13.9. The minimum atomic E-state index is 0.166. The molecule has 4 nitrogen and oxygen atoms in total. The number of methoxy groups -OCH3 is 1. The average molecular weight is 268 g/mol. The number of aryl methyl sites for hydroxylation is 1. The maximum Gasteiger partial charge on any atom is 0.166 e. The number of carbonyl (C=O) groups excluding carboxylic acids is 1. The SMILES string of the molecule is COc1ccc(-c2ncc3c(n2)CCCCC3=O)cc1. The fourth-order valence-electron chi connectivity index (χ4n) is 2.43. The van der Waals surface area contributed by atoms with Gasteiger partial charge in [-0.05, 0) is 43.5 Å². The summed E-state index contributed by atoms with van der Waals surface area (Å²) < 4.78 is 5.14. The Morgan fingerprint density at radius 3 is 2.60 bits per heavy atom. The summed E-state index contributed by atoms with van der Waals surface area (Å²) in [6.45, 7) is 0. The summed E-state index contributed by atoms with van der Waals surface area (Å²) in [5.41, 5.74) is 2.51. The number of rotatable bonds is 2. The number of aromatic nitrogens is 2. The number of hydrogen-bond acceptors (Lipinski definition) is 4. The van der Waals surface area contributed by atoms with E-state index in [0.717, 1.165) is 36.3 Å². The molecule has 1 aromatic heterocycles.